The Bertz CT molecular complexity index is 731. The van der Waals surface area contributed by atoms with Gasteiger partial charge in [-0.25, -0.2) is 14.8 Å². The van der Waals surface area contributed by atoms with Gasteiger partial charge < -0.3 is 4.74 Å². The Labute approximate surface area is 112 Å². The summed E-state index contributed by atoms with van der Waals surface area (Å²) in [5, 5.41) is 19.9. The largest absolute Gasteiger partial charge is 0.464 e. The lowest BCUT2D eigenvalue weighted by atomic mass is 10.3. The van der Waals surface area contributed by atoms with Crippen LogP contribution in [-0.2, 0) is 4.74 Å². The Hall–Kier alpha value is -3.28. The molecule has 100 valence electrons. The summed E-state index contributed by atoms with van der Waals surface area (Å²) < 4.78 is 5.63. The molecule has 0 spiro atoms. The van der Waals surface area contributed by atoms with Gasteiger partial charge in [0.1, 0.15) is 6.07 Å². The number of nitrogens with zero attached hydrogens (tertiary/aromatic N) is 5. The van der Waals surface area contributed by atoms with E-state index >= 15 is 0 Å². The maximum absolute atomic E-state index is 11.4. The monoisotopic (exact) mass is 273 g/mol. The zero-order chi connectivity index (χ0) is 14.7. The fourth-order valence-corrected chi connectivity index (χ4v) is 1.54. The second-order valence-electron chi connectivity index (χ2n) is 3.52. The molecule has 20 heavy (non-hydrogen) atoms. The Kier molecular flexibility index (Phi) is 3.39. The molecule has 0 aliphatic carbocycles. The Morgan fingerprint density at radius 2 is 2.30 bits per heavy atom. The number of imidazole rings is 1. The molecule has 0 saturated carbocycles. The maximum atomic E-state index is 11.4. The zero-order valence-corrected chi connectivity index (χ0v) is 10.2. The second kappa shape index (κ2) is 5.15. The number of esters is 1. The highest BCUT2D eigenvalue weighted by molar-refractivity contribution is 5.87. The van der Waals surface area contributed by atoms with Gasteiger partial charge in [0.05, 0.1) is 12.0 Å². The van der Waals surface area contributed by atoms with Crippen LogP contribution in [0.3, 0.4) is 0 Å². The molecule has 2 rings (SSSR count). The first-order valence-electron chi connectivity index (χ1n) is 5.26. The molecule has 0 saturated heterocycles. The van der Waals surface area contributed by atoms with Gasteiger partial charge in [-0.15, -0.1) is 0 Å². The molecular formula is C11H7N5O4. The summed E-state index contributed by atoms with van der Waals surface area (Å²) in [5.41, 5.74) is -0.460. The van der Waals surface area contributed by atoms with Gasteiger partial charge in [-0.05, 0) is 6.07 Å². The minimum Gasteiger partial charge on any atom is -0.464 e. The quantitative estimate of drug-likeness (QED) is 0.460. The zero-order valence-electron chi connectivity index (χ0n) is 10.2. The summed E-state index contributed by atoms with van der Waals surface area (Å²) in [5.74, 6) is -0.991. The number of ether oxygens (including phenoxy) is 1. The number of hydrogen-bond donors (Lipinski definition) is 0. The van der Waals surface area contributed by atoms with Gasteiger partial charge in [0.15, 0.2) is 5.69 Å². The third-order valence-electron chi connectivity index (χ3n) is 2.41. The van der Waals surface area contributed by atoms with E-state index in [9.17, 15) is 14.9 Å². The van der Waals surface area contributed by atoms with Gasteiger partial charge in [0, 0.05) is 18.5 Å². The minimum absolute atomic E-state index is 0.0809. The van der Waals surface area contributed by atoms with Crippen molar-refractivity contribution in [3.05, 3.63) is 46.2 Å². The number of aromatic nitrogens is 3. The Morgan fingerprint density at radius 1 is 1.55 bits per heavy atom. The van der Waals surface area contributed by atoms with Crippen molar-refractivity contribution < 1.29 is 14.5 Å². The molecule has 0 amide bonds. The molecular weight excluding hydrogens is 266 g/mol. The summed E-state index contributed by atoms with van der Waals surface area (Å²) in [7, 11) is 1.17. The average Bonchev–Trinajstić information content (AvgIpc) is 2.93. The topological polar surface area (TPSA) is 124 Å². The van der Waals surface area contributed by atoms with Crippen LogP contribution in [0, 0.1) is 21.4 Å². The van der Waals surface area contributed by atoms with Gasteiger partial charge in [0.25, 0.3) is 0 Å². The Balaban J connectivity index is 2.68. The fourth-order valence-electron chi connectivity index (χ4n) is 1.54. The van der Waals surface area contributed by atoms with Crippen LogP contribution in [0.1, 0.15) is 16.3 Å². The third kappa shape index (κ3) is 2.17. The van der Waals surface area contributed by atoms with Crippen molar-refractivity contribution in [2.75, 3.05) is 7.11 Å². The van der Waals surface area contributed by atoms with Gasteiger partial charge in [0.2, 0.25) is 11.6 Å². The van der Waals surface area contributed by atoms with E-state index < -0.39 is 10.9 Å². The van der Waals surface area contributed by atoms with Crippen LogP contribution in [0.15, 0.2) is 24.5 Å². The van der Waals surface area contributed by atoms with E-state index in [2.05, 4.69) is 14.7 Å². The Morgan fingerprint density at radius 3 is 2.90 bits per heavy atom. The standard InChI is InChI=1S/C11H7N5O4/c1-20-11(17)7-2-3-8(16(18)19)10(14-7)15-5-4-13-9(15)6-12/h2-5H,1H3. The number of methoxy groups -OCH3 is 1. The summed E-state index contributed by atoms with van der Waals surface area (Å²) in [6.45, 7) is 0. The van der Waals surface area contributed by atoms with Crippen LogP contribution in [0.25, 0.3) is 5.82 Å². The van der Waals surface area contributed by atoms with Gasteiger partial charge in [-0.1, -0.05) is 0 Å². The van der Waals surface area contributed by atoms with E-state index in [1.807, 2.05) is 0 Å². The summed E-state index contributed by atoms with van der Waals surface area (Å²) in [4.78, 5) is 29.4. The molecule has 0 fully saturated rings. The van der Waals surface area contributed by atoms with Crippen molar-refractivity contribution in [1.29, 1.82) is 5.26 Å². The molecule has 0 atom stereocenters. The molecule has 2 aromatic rings. The van der Waals surface area contributed by atoms with Crippen molar-refractivity contribution in [3.63, 3.8) is 0 Å². The van der Waals surface area contributed by atoms with Crippen LogP contribution < -0.4 is 0 Å². The van der Waals surface area contributed by atoms with E-state index in [0.717, 1.165) is 10.6 Å². The molecule has 0 bridgehead atoms. The highest BCUT2D eigenvalue weighted by Gasteiger charge is 2.22. The first-order valence-corrected chi connectivity index (χ1v) is 5.26. The molecule has 9 heteroatoms. The van der Waals surface area contributed by atoms with Crippen LogP contribution >= 0.6 is 0 Å². The van der Waals surface area contributed by atoms with Crippen molar-refractivity contribution >= 4 is 11.7 Å². The van der Waals surface area contributed by atoms with Crippen LogP contribution in [0.5, 0.6) is 0 Å². The van der Waals surface area contributed by atoms with Crippen molar-refractivity contribution in [1.82, 2.24) is 14.5 Å². The number of nitriles is 1. The molecule has 0 aliphatic rings. The van der Waals surface area contributed by atoms with E-state index in [0.29, 0.717) is 0 Å². The molecule has 0 radical (unpaired) electrons. The normalized spacial score (nSPS) is 9.80. The first kappa shape index (κ1) is 13.2. The van der Waals surface area contributed by atoms with E-state index in [4.69, 9.17) is 5.26 Å². The highest BCUT2D eigenvalue weighted by atomic mass is 16.6. The van der Waals surface area contributed by atoms with Gasteiger partial charge >= 0.3 is 11.7 Å². The van der Waals surface area contributed by atoms with Gasteiger partial charge in [-0.2, -0.15) is 5.26 Å². The average molecular weight is 273 g/mol. The SMILES string of the molecule is COC(=O)c1ccc([N+](=O)[O-])c(-n2ccnc2C#N)n1. The van der Waals surface area contributed by atoms with Crippen LogP contribution in [0.2, 0.25) is 0 Å². The highest BCUT2D eigenvalue weighted by Crippen LogP contribution is 2.22. The first-order chi connectivity index (χ1) is 9.58. The van der Waals surface area contributed by atoms with Crippen molar-refractivity contribution in [2.24, 2.45) is 0 Å². The number of carbonyl (C=O) groups excluding carboxylic acids is 1. The lowest BCUT2D eigenvalue weighted by Gasteiger charge is -2.05. The van der Waals surface area contributed by atoms with E-state index in [1.165, 1.54) is 25.6 Å². The van der Waals surface area contributed by atoms with Gasteiger partial charge in [-0.3, -0.25) is 14.7 Å². The number of rotatable bonds is 3. The number of pyridine rings is 1. The molecule has 2 aromatic heterocycles. The lowest BCUT2D eigenvalue weighted by molar-refractivity contribution is -0.384. The van der Waals surface area contributed by atoms with E-state index in [-0.39, 0.29) is 23.0 Å². The number of nitro groups is 1. The van der Waals surface area contributed by atoms with Crippen LogP contribution in [0.4, 0.5) is 5.69 Å². The van der Waals surface area contributed by atoms with Crippen molar-refractivity contribution in [3.8, 4) is 11.9 Å². The maximum Gasteiger partial charge on any atom is 0.356 e. The molecule has 2 heterocycles. The molecule has 0 unspecified atom stereocenters. The summed E-state index contributed by atoms with van der Waals surface area (Å²) in [6.07, 6.45) is 2.64. The lowest BCUT2D eigenvalue weighted by Crippen LogP contribution is -2.10. The minimum atomic E-state index is -0.736. The predicted molar refractivity (Wildman–Crippen MR) is 64.1 cm³/mol. The molecule has 0 aromatic carbocycles. The fraction of sp³-hybridized carbons (Fsp3) is 0.0909. The molecule has 0 N–H and O–H groups in total. The third-order valence-corrected chi connectivity index (χ3v) is 2.41. The summed E-state index contributed by atoms with van der Waals surface area (Å²) >= 11 is 0. The second-order valence-corrected chi connectivity index (χ2v) is 3.52. The molecule has 0 aliphatic heterocycles. The smallest absolute Gasteiger partial charge is 0.356 e. The number of carbonyl (C=O) groups is 1. The van der Waals surface area contributed by atoms with E-state index in [1.54, 1.807) is 6.07 Å². The van der Waals surface area contributed by atoms with Crippen molar-refractivity contribution in [2.45, 2.75) is 0 Å². The predicted octanol–water partition coefficient (Wildman–Crippen LogP) is 0.834. The summed E-state index contributed by atoms with van der Waals surface area (Å²) in [6, 6.07) is 4.07. The molecule has 9 nitrogen and oxygen atoms in total. The number of hydrogen-bond acceptors (Lipinski definition) is 7. The van der Waals surface area contributed by atoms with Crippen LogP contribution in [-0.4, -0.2) is 32.5 Å².